The SMILES string of the molecule is COc1ccc(CN2CC3(C[C@H]4CC[C@@H](C3)N4C(=O)OC(C)(C)C)C2=O)cc1. The molecule has 1 aromatic rings. The van der Waals surface area contributed by atoms with Crippen LogP contribution in [0.5, 0.6) is 5.75 Å². The third-order valence-corrected chi connectivity index (χ3v) is 6.24. The van der Waals surface area contributed by atoms with Gasteiger partial charge in [-0.05, 0) is 64.2 Å². The Labute approximate surface area is 166 Å². The van der Waals surface area contributed by atoms with E-state index in [1.165, 1.54) is 0 Å². The summed E-state index contributed by atoms with van der Waals surface area (Å²) >= 11 is 0. The molecule has 3 fully saturated rings. The maximum atomic E-state index is 13.1. The number of carbonyl (C=O) groups is 2. The highest BCUT2D eigenvalue weighted by atomic mass is 16.6. The molecule has 1 unspecified atom stereocenters. The van der Waals surface area contributed by atoms with Crippen molar-refractivity contribution in [2.24, 2.45) is 5.41 Å². The maximum Gasteiger partial charge on any atom is 0.410 e. The third kappa shape index (κ3) is 3.33. The number of likely N-dealkylation sites (tertiary alicyclic amines) is 1. The molecule has 2 bridgehead atoms. The molecular formula is C22H30N2O4. The van der Waals surface area contributed by atoms with E-state index in [0.717, 1.165) is 43.5 Å². The zero-order chi connectivity index (χ0) is 20.1. The molecule has 2 amide bonds. The minimum Gasteiger partial charge on any atom is -0.497 e. The monoisotopic (exact) mass is 386 g/mol. The van der Waals surface area contributed by atoms with Gasteiger partial charge in [0.05, 0.1) is 12.5 Å². The fourth-order valence-corrected chi connectivity index (χ4v) is 5.09. The number of rotatable bonds is 3. The molecule has 0 aromatic heterocycles. The van der Waals surface area contributed by atoms with Gasteiger partial charge < -0.3 is 19.3 Å². The van der Waals surface area contributed by atoms with Gasteiger partial charge in [0.25, 0.3) is 0 Å². The zero-order valence-corrected chi connectivity index (χ0v) is 17.2. The number of ether oxygens (including phenoxy) is 2. The first kappa shape index (κ1) is 19.1. The molecule has 3 saturated heterocycles. The van der Waals surface area contributed by atoms with Crippen molar-refractivity contribution < 1.29 is 19.1 Å². The summed E-state index contributed by atoms with van der Waals surface area (Å²) < 4.78 is 10.8. The van der Waals surface area contributed by atoms with Crippen LogP contribution in [-0.2, 0) is 16.1 Å². The number of carbonyl (C=O) groups excluding carboxylic acids is 2. The van der Waals surface area contributed by atoms with E-state index in [2.05, 4.69) is 0 Å². The van der Waals surface area contributed by atoms with Crippen LogP contribution in [0, 0.1) is 5.41 Å². The van der Waals surface area contributed by atoms with Gasteiger partial charge in [0.15, 0.2) is 0 Å². The quantitative estimate of drug-likeness (QED) is 0.745. The van der Waals surface area contributed by atoms with Crippen LogP contribution in [0.1, 0.15) is 52.0 Å². The highest BCUT2D eigenvalue weighted by molar-refractivity contribution is 5.89. The summed E-state index contributed by atoms with van der Waals surface area (Å²) in [5.74, 6) is 1.06. The van der Waals surface area contributed by atoms with Crippen LogP contribution in [0.3, 0.4) is 0 Å². The van der Waals surface area contributed by atoms with Crippen molar-refractivity contribution in [1.29, 1.82) is 0 Å². The topological polar surface area (TPSA) is 59.1 Å². The van der Waals surface area contributed by atoms with E-state index in [1.54, 1.807) is 7.11 Å². The van der Waals surface area contributed by atoms with Crippen LogP contribution in [0.25, 0.3) is 0 Å². The summed E-state index contributed by atoms with van der Waals surface area (Å²) in [6.45, 7) is 7.10. The van der Waals surface area contributed by atoms with Crippen LogP contribution in [0.2, 0.25) is 0 Å². The Balaban J connectivity index is 1.39. The van der Waals surface area contributed by atoms with E-state index in [4.69, 9.17) is 9.47 Å². The average Bonchev–Trinajstić information content (AvgIpc) is 2.91. The number of benzene rings is 1. The molecule has 3 atom stereocenters. The van der Waals surface area contributed by atoms with Gasteiger partial charge in [-0.25, -0.2) is 4.79 Å². The molecule has 0 radical (unpaired) electrons. The van der Waals surface area contributed by atoms with Gasteiger partial charge in [-0.15, -0.1) is 0 Å². The lowest BCUT2D eigenvalue weighted by Crippen LogP contribution is -2.66. The van der Waals surface area contributed by atoms with Gasteiger partial charge >= 0.3 is 6.09 Å². The number of fused-ring (bicyclic) bond motifs is 2. The predicted molar refractivity (Wildman–Crippen MR) is 105 cm³/mol. The number of piperidine rings is 1. The summed E-state index contributed by atoms with van der Waals surface area (Å²) in [4.78, 5) is 29.5. The van der Waals surface area contributed by atoms with Crippen LogP contribution < -0.4 is 4.74 Å². The van der Waals surface area contributed by atoms with Crippen molar-refractivity contribution in [2.45, 2.75) is 70.7 Å². The summed E-state index contributed by atoms with van der Waals surface area (Å²) in [7, 11) is 1.65. The lowest BCUT2D eigenvalue weighted by molar-refractivity contribution is -0.169. The van der Waals surface area contributed by atoms with Crippen LogP contribution in [0.15, 0.2) is 24.3 Å². The second-order valence-electron chi connectivity index (χ2n) is 9.47. The first-order valence-electron chi connectivity index (χ1n) is 10.1. The summed E-state index contributed by atoms with van der Waals surface area (Å²) in [5, 5.41) is 0. The van der Waals surface area contributed by atoms with Gasteiger partial charge in [0.2, 0.25) is 5.91 Å². The molecule has 6 nitrogen and oxygen atoms in total. The maximum absolute atomic E-state index is 13.1. The Bertz CT molecular complexity index is 754. The Kier molecular flexibility index (Phi) is 4.55. The molecule has 28 heavy (non-hydrogen) atoms. The van der Waals surface area contributed by atoms with Gasteiger partial charge in [-0.2, -0.15) is 0 Å². The van der Waals surface area contributed by atoms with Crippen molar-refractivity contribution in [1.82, 2.24) is 9.80 Å². The molecule has 152 valence electrons. The van der Waals surface area contributed by atoms with Crippen molar-refractivity contribution in [3.63, 3.8) is 0 Å². The summed E-state index contributed by atoms with van der Waals surface area (Å²) in [5.41, 5.74) is 0.336. The zero-order valence-electron chi connectivity index (χ0n) is 17.2. The minimum atomic E-state index is -0.493. The number of hydrogen-bond acceptors (Lipinski definition) is 4. The standard InChI is InChI=1S/C22H30N2O4/c1-21(2,3)28-20(26)24-16-7-8-17(24)12-22(11-16)14-23(19(22)25)13-15-5-9-18(27-4)10-6-15/h5-6,9-10,16-17H,7-8,11-14H2,1-4H3/t16-,17+,22?. The number of hydrogen-bond donors (Lipinski definition) is 0. The molecule has 1 spiro atoms. The van der Waals surface area contributed by atoms with Gasteiger partial charge in [0.1, 0.15) is 11.4 Å². The number of amides is 2. The van der Waals surface area contributed by atoms with E-state index in [1.807, 2.05) is 54.8 Å². The first-order chi connectivity index (χ1) is 13.2. The van der Waals surface area contributed by atoms with Gasteiger partial charge in [0, 0.05) is 25.2 Å². The van der Waals surface area contributed by atoms with E-state index in [0.29, 0.717) is 6.54 Å². The van der Waals surface area contributed by atoms with Gasteiger partial charge in [-0.3, -0.25) is 4.79 Å². The molecule has 6 heteroatoms. The van der Waals surface area contributed by atoms with Crippen LogP contribution in [-0.4, -0.2) is 53.1 Å². The number of nitrogens with zero attached hydrogens (tertiary/aromatic N) is 2. The van der Waals surface area contributed by atoms with Crippen molar-refractivity contribution in [3.8, 4) is 5.75 Å². The van der Waals surface area contributed by atoms with Crippen molar-refractivity contribution >= 4 is 12.0 Å². The highest BCUT2D eigenvalue weighted by Gasteiger charge is 2.60. The normalized spacial score (nSPS) is 29.1. The molecule has 0 N–H and O–H groups in total. The van der Waals surface area contributed by atoms with E-state index < -0.39 is 5.60 Å². The van der Waals surface area contributed by atoms with Gasteiger partial charge in [-0.1, -0.05) is 12.1 Å². The number of methoxy groups -OCH3 is 1. The Morgan fingerprint density at radius 3 is 2.25 bits per heavy atom. The van der Waals surface area contributed by atoms with E-state index in [9.17, 15) is 9.59 Å². The van der Waals surface area contributed by atoms with Crippen LogP contribution in [0.4, 0.5) is 4.79 Å². The van der Waals surface area contributed by atoms with Crippen LogP contribution >= 0.6 is 0 Å². The molecular weight excluding hydrogens is 356 g/mol. The largest absolute Gasteiger partial charge is 0.497 e. The number of β-lactam (4-membered cyclic amide) rings is 1. The Morgan fingerprint density at radius 2 is 1.75 bits per heavy atom. The fraction of sp³-hybridized carbons (Fsp3) is 0.636. The Morgan fingerprint density at radius 1 is 1.14 bits per heavy atom. The highest BCUT2D eigenvalue weighted by Crippen LogP contribution is 2.51. The van der Waals surface area contributed by atoms with E-state index >= 15 is 0 Å². The lowest BCUT2D eigenvalue weighted by Gasteiger charge is -2.54. The summed E-state index contributed by atoms with van der Waals surface area (Å²) in [6.07, 6.45) is 3.24. The smallest absolute Gasteiger partial charge is 0.410 e. The molecule has 3 heterocycles. The van der Waals surface area contributed by atoms with Crippen molar-refractivity contribution in [2.75, 3.05) is 13.7 Å². The second kappa shape index (κ2) is 6.68. The first-order valence-corrected chi connectivity index (χ1v) is 10.1. The summed E-state index contributed by atoms with van der Waals surface area (Å²) in [6, 6.07) is 8.11. The predicted octanol–water partition coefficient (Wildman–Crippen LogP) is 3.59. The molecule has 3 aliphatic heterocycles. The molecule has 0 saturated carbocycles. The molecule has 1 aromatic carbocycles. The fourth-order valence-electron chi connectivity index (χ4n) is 5.09. The second-order valence-corrected chi connectivity index (χ2v) is 9.47. The molecule has 4 rings (SSSR count). The Hall–Kier alpha value is -2.24. The van der Waals surface area contributed by atoms with E-state index in [-0.39, 0.29) is 29.5 Å². The molecule has 0 aliphatic carbocycles. The third-order valence-electron chi connectivity index (χ3n) is 6.24. The lowest BCUT2D eigenvalue weighted by atomic mass is 9.68. The molecule has 3 aliphatic rings. The average molecular weight is 386 g/mol. The van der Waals surface area contributed by atoms with Crippen molar-refractivity contribution in [3.05, 3.63) is 29.8 Å². The minimum absolute atomic E-state index is 0.126.